The summed E-state index contributed by atoms with van der Waals surface area (Å²) in [5.41, 5.74) is 1.47. The Hall–Kier alpha value is -2.70. The van der Waals surface area contributed by atoms with Gasteiger partial charge in [-0.15, -0.1) is 0 Å². The van der Waals surface area contributed by atoms with Crippen LogP contribution in [0.25, 0.3) is 0 Å². The summed E-state index contributed by atoms with van der Waals surface area (Å²) in [6.07, 6.45) is 4.38. The molecule has 3 fully saturated rings. The molecule has 0 spiro atoms. The van der Waals surface area contributed by atoms with Gasteiger partial charge in [-0.25, -0.2) is 0 Å². The van der Waals surface area contributed by atoms with Crippen LogP contribution in [0.3, 0.4) is 0 Å². The van der Waals surface area contributed by atoms with E-state index in [1.807, 2.05) is 54.4 Å². The molecule has 1 saturated heterocycles. The van der Waals surface area contributed by atoms with Crippen molar-refractivity contribution in [2.45, 2.75) is 56.6 Å². The Kier molecular flexibility index (Phi) is 6.69. The highest BCUT2D eigenvalue weighted by atomic mass is 16.5. The van der Waals surface area contributed by atoms with Gasteiger partial charge in [0.05, 0.1) is 6.10 Å². The Morgan fingerprint density at radius 1 is 1.14 bits per heavy atom. The van der Waals surface area contributed by atoms with E-state index in [-0.39, 0.29) is 29.3 Å². The van der Waals surface area contributed by atoms with Gasteiger partial charge in [0.25, 0.3) is 5.91 Å². The fourth-order valence-electron chi connectivity index (χ4n) is 6.37. The molecule has 2 aliphatic carbocycles. The number of fused-ring (bicyclic) bond motifs is 1. The van der Waals surface area contributed by atoms with E-state index in [0.717, 1.165) is 44.0 Å². The maximum atomic E-state index is 13.3. The Labute approximate surface area is 207 Å². The number of benzene rings is 2. The molecule has 3 aliphatic rings. The molecular weight excluding hydrogens is 440 g/mol. The van der Waals surface area contributed by atoms with Crippen LogP contribution < -0.4 is 4.74 Å². The fourth-order valence-corrected chi connectivity index (χ4v) is 6.37. The first kappa shape index (κ1) is 24.0. The lowest BCUT2D eigenvalue weighted by atomic mass is 9.56. The normalized spacial score (nSPS) is 28.7. The number of rotatable bonds is 6. The molecule has 0 aromatic heterocycles. The summed E-state index contributed by atoms with van der Waals surface area (Å²) < 4.78 is 5.42. The van der Waals surface area contributed by atoms with Gasteiger partial charge in [0.15, 0.2) is 0 Å². The number of hydrogen-bond acceptors (Lipinski definition) is 5. The van der Waals surface area contributed by atoms with Crippen LogP contribution in [0.1, 0.15) is 54.9 Å². The number of piperidine rings is 1. The molecule has 1 heterocycles. The minimum atomic E-state index is -0.515. The highest BCUT2D eigenvalue weighted by molar-refractivity contribution is 5.94. The third-order valence-electron chi connectivity index (χ3n) is 8.39. The molecule has 6 heteroatoms. The molecule has 186 valence electrons. The lowest BCUT2D eigenvalue weighted by molar-refractivity contribution is -0.131. The summed E-state index contributed by atoms with van der Waals surface area (Å²) in [5, 5.41) is 11.5. The zero-order valence-electron chi connectivity index (χ0n) is 20.7. The van der Waals surface area contributed by atoms with Crippen molar-refractivity contribution in [1.29, 1.82) is 0 Å². The van der Waals surface area contributed by atoms with Crippen LogP contribution in [0.2, 0.25) is 0 Å². The number of hydrogen-bond donors (Lipinski definition) is 1. The smallest absolute Gasteiger partial charge is 0.308 e. The van der Waals surface area contributed by atoms with Crippen LogP contribution in [0.4, 0.5) is 0 Å². The second kappa shape index (κ2) is 9.75. The number of carbonyl (C=O) groups is 2. The molecule has 2 aromatic rings. The Morgan fingerprint density at radius 3 is 2.63 bits per heavy atom. The Bertz CT molecular complexity index is 1070. The lowest BCUT2D eigenvalue weighted by Crippen LogP contribution is -2.61. The predicted octanol–water partition coefficient (Wildman–Crippen LogP) is 3.88. The molecule has 4 unspecified atom stereocenters. The van der Waals surface area contributed by atoms with Crippen LogP contribution in [0, 0.1) is 11.8 Å². The maximum Gasteiger partial charge on any atom is 0.308 e. The second-order valence-corrected chi connectivity index (χ2v) is 10.8. The summed E-state index contributed by atoms with van der Waals surface area (Å²) >= 11 is 0. The third-order valence-corrected chi connectivity index (χ3v) is 8.39. The van der Waals surface area contributed by atoms with E-state index in [4.69, 9.17) is 4.74 Å². The van der Waals surface area contributed by atoms with Crippen molar-refractivity contribution in [3.63, 3.8) is 0 Å². The SMILES string of the molecule is CC(=O)Oc1cccc(C23CCN(CC4CC4)CC2C(O)CC(N(C)C(=O)c2ccccc2)C3)c1. The van der Waals surface area contributed by atoms with Crippen molar-refractivity contribution in [1.82, 2.24) is 9.80 Å². The maximum absolute atomic E-state index is 13.3. The van der Waals surface area contributed by atoms with Gasteiger partial charge in [0, 0.05) is 50.0 Å². The molecule has 0 radical (unpaired) electrons. The first-order chi connectivity index (χ1) is 16.9. The molecule has 1 N–H and O–H groups in total. The number of likely N-dealkylation sites (tertiary alicyclic amines) is 1. The topological polar surface area (TPSA) is 70.1 Å². The summed E-state index contributed by atoms with van der Waals surface area (Å²) in [4.78, 5) is 29.3. The summed E-state index contributed by atoms with van der Waals surface area (Å²) in [6, 6.07) is 17.1. The van der Waals surface area contributed by atoms with Crippen LogP contribution in [0.15, 0.2) is 54.6 Å². The second-order valence-electron chi connectivity index (χ2n) is 10.8. The van der Waals surface area contributed by atoms with E-state index in [1.165, 1.54) is 19.8 Å². The zero-order valence-corrected chi connectivity index (χ0v) is 20.7. The first-order valence-corrected chi connectivity index (χ1v) is 12.9. The number of nitrogens with zero attached hydrogens (tertiary/aromatic N) is 2. The number of amides is 1. The molecule has 4 atom stereocenters. The quantitative estimate of drug-likeness (QED) is 0.506. The predicted molar refractivity (Wildman–Crippen MR) is 134 cm³/mol. The van der Waals surface area contributed by atoms with Gasteiger partial charge in [-0.2, -0.15) is 0 Å². The molecule has 6 nitrogen and oxygen atoms in total. The third kappa shape index (κ3) is 5.00. The van der Waals surface area contributed by atoms with Crippen LogP contribution in [0.5, 0.6) is 5.75 Å². The summed E-state index contributed by atoms with van der Waals surface area (Å²) in [5.74, 6) is 1.05. The van der Waals surface area contributed by atoms with Crippen molar-refractivity contribution in [3.05, 3.63) is 65.7 Å². The van der Waals surface area contributed by atoms with E-state index in [0.29, 0.717) is 17.7 Å². The van der Waals surface area contributed by atoms with Crippen molar-refractivity contribution in [2.24, 2.45) is 11.8 Å². The molecule has 2 saturated carbocycles. The van der Waals surface area contributed by atoms with Gasteiger partial charge in [-0.1, -0.05) is 30.3 Å². The van der Waals surface area contributed by atoms with Gasteiger partial charge in [0.2, 0.25) is 0 Å². The number of ether oxygens (including phenoxy) is 1. The van der Waals surface area contributed by atoms with Gasteiger partial charge in [-0.05, 0) is 74.4 Å². The van der Waals surface area contributed by atoms with Crippen LogP contribution in [-0.4, -0.2) is 65.6 Å². The van der Waals surface area contributed by atoms with E-state index < -0.39 is 6.10 Å². The molecule has 1 aliphatic heterocycles. The van der Waals surface area contributed by atoms with Gasteiger partial charge in [-0.3, -0.25) is 9.59 Å². The van der Waals surface area contributed by atoms with Crippen molar-refractivity contribution < 1.29 is 19.4 Å². The van der Waals surface area contributed by atoms with Crippen molar-refractivity contribution in [3.8, 4) is 5.75 Å². The molecule has 2 aromatic carbocycles. The summed E-state index contributed by atoms with van der Waals surface area (Å²) in [6.45, 7) is 4.36. The van der Waals surface area contributed by atoms with Crippen molar-refractivity contribution in [2.75, 3.05) is 26.7 Å². The van der Waals surface area contributed by atoms with Gasteiger partial charge < -0.3 is 19.6 Å². The Balaban J connectivity index is 1.46. The number of aliphatic hydroxyl groups is 1. The van der Waals surface area contributed by atoms with Crippen LogP contribution >= 0.6 is 0 Å². The number of carbonyl (C=O) groups excluding carboxylic acids is 2. The minimum absolute atomic E-state index is 0.0174. The standard InChI is InChI=1S/C29H36N2O4/c1-20(32)35-25-10-6-9-23(15-25)29-13-14-31(18-21-11-12-21)19-26(29)27(33)16-24(17-29)30(2)28(34)22-7-4-3-5-8-22/h3-10,15,21,24,26-27,33H,11-14,16-19H2,1-2H3. The summed E-state index contributed by atoms with van der Waals surface area (Å²) in [7, 11) is 1.86. The average Bonchev–Trinajstić information content (AvgIpc) is 3.68. The van der Waals surface area contributed by atoms with E-state index in [1.54, 1.807) is 6.07 Å². The minimum Gasteiger partial charge on any atom is -0.427 e. The first-order valence-electron chi connectivity index (χ1n) is 12.9. The largest absolute Gasteiger partial charge is 0.427 e. The lowest BCUT2D eigenvalue weighted by Gasteiger charge is -2.56. The molecule has 35 heavy (non-hydrogen) atoms. The Morgan fingerprint density at radius 2 is 1.91 bits per heavy atom. The number of esters is 1. The van der Waals surface area contributed by atoms with Gasteiger partial charge >= 0.3 is 5.97 Å². The number of aliphatic hydroxyl groups excluding tert-OH is 1. The molecular formula is C29H36N2O4. The molecule has 5 rings (SSSR count). The monoisotopic (exact) mass is 476 g/mol. The van der Waals surface area contributed by atoms with E-state index >= 15 is 0 Å². The highest BCUT2D eigenvalue weighted by Crippen LogP contribution is 2.51. The van der Waals surface area contributed by atoms with Crippen LogP contribution in [-0.2, 0) is 10.2 Å². The van der Waals surface area contributed by atoms with E-state index in [2.05, 4.69) is 11.0 Å². The average molecular weight is 477 g/mol. The van der Waals surface area contributed by atoms with Crippen molar-refractivity contribution >= 4 is 11.9 Å². The zero-order chi connectivity index (χ0) is 24.6. The fraction of sp³-hybridized carbons (Fsp3) is 0.517. The van der Waals surface area contributed by atoms with E-state index in [9.17, 15) is 14.7 Å². The molecule has 0 bridgehead atoms. The highest BCUT2D eigenvalue weighted by Gasteiger charge is 2.53. The van der Waals surface area contributed by atoms with Gasteiger partial charge in [0.1, 0.15) is 5.75 Å². The molecule has 1 amide bonds.